The van der Waals surface area contributed by atoms with Gasteiger partial charge in [-0.25, -0.2) is 4.98 Å². The lowest BCUT2D eigenvalue weighted by atomic mass is 9.85. The first-order valence-corrected chi connectivity index (χ1v) is 11.5. The summed E-state index contributed by atoms with van der Waals surface area (Å²) >= 11 is 3.45. The van der Waals surface area contributed by atoms with Crippen LogP contribution in [-0.4, -0.2) is 9.97 Å². The van der Waals surface area contributed by atoms with Gasteiger partial charge in [-0.15, -0.1) is 11.3 Å². The van der Waals surface area contributed by atoms with Crippen molar-refractivity contribution < 1.29 is 0 Å². The summed E-state index contributed by atoms with van der Waals surface area (Å²) in [4.78, 5) is 9.44. The van der Waals surface area contributed by atoms with E-state index in [0.29, 0.717) is 6.54 Å². The summed E-state index contributed by atoms with van der Waals surface area (Å²) in [5.74, 6) is 0.846. The van der Waals surface area contributed by atoms with Crippen molar-refractivity contribution in [3.63, 3.8) is 0 Å². The molecular formula is C23H29N3S2. The molecule has 0 radical (unpaired) electrons. The second kappa shape index (κ2) is 8.76. The van der Waals surface area contributed by atoms with Gasteiger partial charge >= 0.3 is 0 Å². The SMILES string of the molecule is Cc1ccc(-c2c(CSc3nccs3)c(C)nc(CC(C)(C)C)c2CN)cc1. The predicted octanol–water partition coefficient (Wildman–Crippen LogP) is 6.16. The number of benzene rings is 1. The van der Waals surface area contributed by atoms with Crippen molar-refractivity contribution in [3.05, 3.63) is 63.9 Å². The molecule has 0 amide bonds. The van der Waals surface area contributed by atoms with E-state index in [2.05, 4.69) is 63.9 Å². The highest BCUT2D eigenvalue weighted by Gasteiger charge is 2.22. The largest absolute Gasteiger partial charge is 0.326 e. The Bertz CT molecular complexity index is 924. The molecule has 0 saturated carbocycles. The predicted molar refractivity (Wildman–Crippen MR) is 122 cm³/mol. The molecule has 0 saturated heterocycles. The van der Waals surface area contributed by atoms with E-state index in [1.165, 1.54) is 27.8 Å². The molecule has 148 valence electrons. The van der Waals surface area contributed by atoms with E-state index in [1.807, 2.05) is 11.6 Å². The molecule has 0 aliphatic carbocycles. The first-order valence-electron chi connectivity index (χ1n) is 9.59. The average molecular weight is 412 g/mol. The van der Waals surface area contributed by atoms with Gasteiger partial charge in [0.05, 0.1) is 0 Å². The molecule has 0 fully saturated rings. The summed E-state index contributed by atoms with van der Waals surface area (Å²) in [6.07, 6.45) is 2.77. The number of hydrogen-bond acceptors (Lipinski definition) is 5. The quantitative estimate of drug-likeness (QED) is 0.493. The lowest BCUT2D eigenvalue weighted by Crippen LogP contribution is -2.17. The second-order valence-electron chi connectivity index (χ2n) is 8.37. The Kier molecular flexibility index (Phi) is 6.58. The number of rotatable bonds is 6. The summed E-state index contributed by atoms with van der Waals surface area (Å²) in [7, 11) is 0. The van der Waals surface area contributed by atoms with Crippen LogP contribution in [0.15, 0.2) is 40.2 Å². The van der Waals surface area contributed by atoms with Crippen molar-refractivity contribution >= 4 is 23.1 Å². The summed E-state index contributed by atoms with van der Waals surface area (Å²) in [5, 5.41) is 2.02. The Morgan fingerprint density at radius 2 is 1.79 bits per heavy atom. The topological polar surface area (TPSA) is 51.8 Å². The molecule has 3 nitrogen and oxygen atoms in total. The van der Waals surface area contributed by atoms with Crippen LogP contribution in [0.3, 0.4) is 0 Å². The van der Waals surface area contributed by atoms with E-state index < -0.39 is 0 Å². The van der Waals surface area contributed by atoms with E-state index in [1.54, 1.807) is 23.1 Å². The molecule has 5 heteroatoms. The highest BCUT2D eigenvalue weighted by molar-refractivity contribution is 8.00. The van der Waals surface area contributed by atoms with E-state index in [4.69, 9.17) is 10.7 Å². The van der Waals surface area contributed by atoms with Gasteiger partial charge in [-0.1, -0.05) is 62.4 Å². The molecular weight excluding hydrogens is 382 g/mol. The highest BCUT2D eigenvalue weighted by atomic mass is 32.2. The van der Waals surface area contributed by atoms with Crippen molar-refractivity contribution in [1.29, 1.82) is 0 Å². The number of thioether (sulfide) groups is 1. The van der Waals surface area contributed by atoms with E-state index in [9.17, 15) is 0 Å². The normalized spacial score (nSPS) is 11.8. The number of hydrogen-bond donors (Lipinski definition) is 1. The minimum atomic E-state index is 0.158. The van der Waals surface area contributed by atoms with Gasteiger partial charge in [-0.05, 0) is 47.9 Å². The zero-order valence-corrected chi connectivity index (χ0v) is 19.0. The average Bonchev–Trinajstić information content (AvgIpc) is 3.13. The molecule has 28 heavy (non-hydrogen) atoms. The van der Waals surface area contributed by atoms with Crippen molar-refractivity contribution in [2.75, 3.05) is 0 Å². The summed E-state index contributed by atoms with van der Waals surface area (Å²) < 4.78 is 1.09. The molecule has 1 aromatic carbocycles. The van der Waals surface area contributed by atoms with Crippen LogP contribution < -0.4 is 5.73 Å². The molecule has 0 atom stereocenters. The Morgan fingerprint density at radius 1 is 1.07 bits per heavy atom. The maximum absolute atomic E-state index is 6.29. The minimum absolute atomic E-state index is 0.158. The van der Waals surface area contributed by atoms with Crippen molar-refractivity contribution in [2.24, 2.45) is 11.1 Å². The Labute approximate surface area is 176 Å². The number of nitrogens with zero attached hydrogens (tertiary/aromatic N) is 2. The van der Waals surface area contributed by atoms with E-state index >= 15 is 0 Å². The lowest BCUT2D eigenvalue weighted by molar-refractivity contribution is 0.404. The minimum Gasteiger partial charge on any atom is -0.326 e. The van der Waals surface area contributed by atoms with Crippen molar-refractivity contribution in [3.8, 4) is 11.1 Å². The van der Waals surface area contributed by atoms with Gasteiger partial charge in [0.2, 0.25) is 0 Å². The van der Waals surface area contributed by atoms with Gasteiger partial charge in [-0.2, -0.15) is 0 Å². The maximum atomic E-state index is 6.29. The third kappa shape index (κ3) is 5.02. The molecule has 0 bridgehead atoms. The van der Waals surface area contributed by atoms with Gasteiger partial charge in [0.15, 0.2) is 0 Å². The number of nitrogens with two attached hydrogens (primary N) is 1. The first-order chi connectivity index (χ1) is 13.3. The van der Waals surface area contributed by atoms with Gasteiger partial charge < -0.3 is 5.73 Å². The number of aromatic nitrogens is 2. The van der Waals surface area contributed by atoms with Crippen LogP contribution >= 0.6 is 23.1 Å². The van der Waals surface area contributed by atoms with Crippen LogP contribution in [0.5, 0.6) is 0 Å². The van der Waals surface area contributed by atoms with Gasteiger partial charge in [0.25, 0.3) is 0 Å². The van der Waals surface area contributed by atoms with Gasteiger partial charge in [0, 0.05) is 35.3 Å². The number of pyridine rings is 1. The van der Waals surface area contributed by atoms with Crippen LogP contribution in [0, 0.1) is 19.3 Å². The molecule has 0 unspecified atom stereocenters. The van der Waals surface area contributed by atoms with Crippen LogP contribution in [0.4, 0.5) is 0 Å². The number of aryl methyl sites for hydroxylation is 2. The third-order valence-electron chi connectivity index (χ3n) is 4.68. The maximum Gasteiger partial charge on any atom is 0.150 e. The smallest absolute Gasteiger partial charge is 0.150 e. The summed E-state index contributed by atoms with van der Waals surface area (Å²) in [5.41, 5.74) is 14.9. The first kappa shape index (κ1) is 21.0. The van der Waals surface area contributed by atoms with Crippen LogP contribution in [-0.2, 0) is 18.7 Å². The molecule has 0 aliphatic rings. The Balaban J connectivity index is 2.14. The van der Waals surface area contributed by atoms with E-state index in [0.717, 1.165) is 27.9 Å². The Morgan fingerprint density at radius 3 is 2.36 bits per heavy atom. The van der Waals surface area contributed by atoms with Gasteiger partial charge in [-0.3, -0.25) is 4.98 Å². The fraction of sp³-hybridized carbons (Fsp3) is 0.391. The fourth-order valence-corrected chi connectivity index (χ4v) is 5.11. The van der Waals surface area contributed by atoms with Crippen LogP contribution in [0.25, 0.3) is 11.1 Å². The fourth-order valence-electron chi connectivity index (χ4n) is 3.37. The third-order valence-corrected chi connectivity index (χ3v) is 6.68. The second-order valence-corrected chi connectivity index (χ2v) is 10.5. The highest BCUT2D eigenvalue weighted by Crippen LogP contribution is 2.37. The number of thiazole rings is 1. The summed E-state index contributed by atoms with van der Waals surface area (Å²) in [6.45, 7) is 11.5. The summed E-state index contributed by atoms with van der Waals surface area (Å²) in [6, 6.07) is 8.77. The molecule has 0 spiro atoms. The van der Waals surface area contributed by atoms with Gasteiger partial charge in [0.1, 0.15) is 4.34 Å². The zero-order valence-electron chi connectivity index (χ0n) is 17.4. The van der Waals surface area contributed by atoms with Crippen LogP contribution in [0.1, 0.15) is 48.8 Å². The molecule has 2 heterocycles. The monoisotopic (exact) mass is 411 g/mol. The molecule has 3 rings (SSSR count). The molecule has 2 N–H and O–H groups in total. The Hall–Kier alpha value is -1.69. The lowest BCUT2D eigenvalue weighted by Gasteiger charge is -2.24. The van der Waals surface area contributed by atoms with Crippen molar-refractivity contribution in [2.45, 2.75) is 57.7 Å². The zero-order chi connectivity index (χ0) is 20.3. The molecule has 3 aromatic rings. The molecule has 2 aromatic heterocycles. The van der Waals surface area contributed by atoms with E-state index in [-0.39, 0.29) is 5.41 Å². The standard InChI is InChI=1S/C23H29N3S2/c1-15-6-8-17(9-7-15)21-18(13-24)20(12-23(3,4)5)26-16(2)19(21)14-28-22-25-10-11-27-22/h6-11H,12-14,24H2,1-5H3. The molecule has 0 aliphatic heterocycles. The van der Waals surface area contributed by atoms with Crippen LogP contribution in [0.2, 0.25) is 0 Å². The van der Waals surface area contributed by atoms with Crippen molar-refractivity contribution in [1.82, 2.24) is 9.97 Å².